The van der Waals surface area contributed by atoms with Gasteiger partial charge < -0.3 is 19.9 Å². The molecule has 1 aliphatic carbocycles. The second kappa shape index (κ2) is 12.3. The number of hydrogen-bond donors (Lipinski definition) is 1. The number of carbonyl (C=O) groups is 2. The predicted molar refractivity (Wildman–Crippen MR) is 168 cm³/mol. The Morgan fingerprint density at radius 3 is 2.50 bits per heavy atom. The summed E-state index contributed by atoms with van der Waals surface area (Å²) in [4.78, 5) is 32.0. The first-order chi connectivity index (χ1) is 20.0. The predicted octanol–water partition coefficient (Wildman–Crippen LogP) is 6.29. The molecule has 1 aliphatic heterocycles. The van der Waals surface area contributed by atoms with Crippen molar-refractivity contribution in [3.8, 4) is 5.75 Å². The van der Waals surface area contributed by atoms with Crippen LogP contribution in [0.5, 0.6) is 5.75 Å². The Morgan fingerprint density at radius 2 is 1.76 bits per heavy atom. The molecule has 222 valence electrons. The fourth-order valence-corrected chi connectivity index (χ4v) is 5.84. The normalized spacial score (nSPS) is 18.4. The number of nitrogens with zero attached hydrogens (tertiary/aromatic N) is 2. The first kappa shape index (κ1) is 29.8. The van der Waals surface area contributed by atoms with Crippen LogP contribution in [-0.2, 0) is 24.2 Å². The molecule has 0 radical (unpaired) electrons. The minimum absolute atomic E-state index is 0.0501. The molecule has 1 heterocycles. The maximum Gasteiger partial charge on any atom is 0.254 e. The first-order valence-corrected chi connectivity index (χ1v) is 15.2. The van der Waals surface area contributed by atoms with Gasteiger partial charge in [0.15, 0.2) is 0 Å². The summed E-state index contributed by atoms with van der Waals surface area (Å²) in [6.07, 6.45) is 3.46. The summed E-state index contributed by atoms with van der Waals surface area (Å²) in [7, 11) is 4.05. The van der Waals surface area contributed by atoms with Gasteiger partial charge in [0.1, 0.15) is 18.4 Å². The van der Waals surface area contributed by atoms with E-state index < -0.39 is 6.04 Å². The Kier molecular flexibility index (Phi) is 8.74. The summed E-state index contributed by atoms with van der Waals surface area (Å²) in [5.74, 6) is 0.818. The quantitative estimate of drug-likeness (QED) is 0.348. The molecule has 5 rings (SSSR count). The van der Waals surface area contributed by atoms with Crippen LogP contribution < -0.4 is 10.1 Å². The first-order valence-electron chi connectivity index (χ1n) is 15.2. The Balaban J connectivity index is 1.40. The zero-order valence-corrected chi connectivity index (χ0v) is 25.9. The van der Waals surface area contributed by atoms with Crippen LogP contribution >= 0.6 is 0 Å². The minimum atomic E-state index is -0.594. The van der Waals surface area contributed by atoms with Gasteiger partial charge in [0.2, 0.25) is 5.91 Å². The second-order valence-electron chi connectivity index (χ2n) is 13.0. The lowest BCUT2D eigenvalue weighted by Gasteiger charge is -2.37. The van der Waals surface area contributed by atoms with E-state index in [1.807, 2.05) is 44.4 Å². The number of benzene rings is 3. The van der Waals surface area contributed by atoms with E-state index in [9.17, 15) is 9.59 Å². The fraction of sp³-hybridized carbons (Fsp3) is 0.444. The zero-order chi connectivity index (χ0) is 30.0. The van der Waals surface area contributed by atoms with E-state index in [0.717, 1.165) is 30.4 Å². The SMILES string of the molecule is CC(C)c1ccc2c(c1)C(NC(=O)C1Cc3ccccc3CN1C(=O)c1cccc(OCC(C)(C)N(C)C)c1)CCC2. The summed E-state index contributed by atoms with van der Waals surface area (Å²) in [6.45, 7) is 9.51. The van der Waals surface area contributed by atoms with Crippen molar-refractivity contribution in [3.05, 3.63) is 100 Å². The zero-order valence-electron chi connectivity index (χ0n) is 25.9. The molecule has 2 aliphatic rings. The van der Waals surface area contributed by atoms with Crippen LogP contribution in [0.3, 0.4) is 0 Å². The van der Waals surface area contributed by atoms with Gasteiger partial charge in [0.05, 0.1) is 6.04 Å². The van der Waals surface area contributed by atoms with Crippen LogP contribution in [0.15, 0.2) is 66.7 Å². The summed E-state index contributed by atoms with van der Waals surface area (Å²) in [5, 5.41) is 3.37. The van der Waals surface area contributed by atoms with Gasteiger partial charge in [0.25, 0.3) is 5.91 Å². The molecular weight excluding hydrogens is 522 g/mol. The summed E-state index contributed by atoms with van der Waals surface area (Å²) in [6, 6.07) is 21.5. The number of carbonyl (C=O) groups excluding carboxylic acids is 2. The highest BCUT2D eigenvalue weighted by atomic mass is 16.5. The van der Waals surface area contributed by atoms with Crippen molar-refractivity contribution < 1.29 is 14.3 Å². The van der Waals surface area contributed by atoms with Crippen LogP contribution in [0.25, 0.3) is 0 Å². The van der Waals surface area contributed by atoms with Crippen molar-refractivity contribution in [2.24, 2.45) is 0 Å². The fourth-order valence-electron chi connectivity index (χ4n) is 5.84. The Bertz CT molecular complexity index is 1440. The lowest BCUT2D eigenvalue weighted by molar-refractivity contribution is -0.127. The summed E-state index contributed by atoms with van der Waals surface area (Å²) >= 11 is 0. The van der Waals surface area contributed by atoms with Crippen molar-refractivity contribution in [1.29, 1.82) is 0 Å². The van der Waals surface area contributed by atoms with Crippen LogP contribution in [0, 0.1) is 0 Å². The number of ether oxygens (including phenoxy) is 1. The van der Waals surface area contributed by atoms with Gasteiger partial charge >= 0.3 is 0 Å². The maximum atomic E-state index is 14.1. The maximum absolute atomic E-state index is 14.1. The average molecular weight is 568 g/mol. The van der Waals surface area contributed by atoms with Gasteiger partial charge in [-0.25, -0.2) is 0 Å². The third kappa shape index (κ3) is 6.39. The smallest absolute Gasteiger partial charge is 0.254 e. The van der Waals surface area contributed by atoms with Crippen LogP contribution in [0.1, 0.15) is 90.7 Å². The molecule has 0 saturated heterocycles. The highest BCUT2D eigenvalue weighted by molar-refractivity contribution is 5.98. The van der Waals surface area contributed by atoms with Gasteiger partial charge in [-0.05, 0) is 99.1 Å². The third-order valence-electron chi connectivity index (χ3n) is 9.16. The van der Waals surface area contributed by atoms with Gasteiger partial charge in [0, 0.05) is 24.1 Å². The molecule has 0 saturated carbocycles. The molecule has 0 spiro atoms. The summed E-state index contributed by atoms with van der Waals surface area (Å²) < 4.78 is 6.11. The van der Waals surface area contributed by atoms with E-state index in [1.54, 1.807) is 11.0 Å². The van der Waals surface area contributed by atoms with Crippen LogP contribution in [-0.4, -0.2) is 53.9 Å². The number of hydrogen-bond acceptors (Lipinski definition) is 4. The van der Waals surface area contributed by atoms with Crippen molar-refractivity contribution >= 4 is 11.8 Å². The second-order valence-corrected chi connectivity index (χ2v) is 13.0. The number of amides is 2. The number of aryl methyl sites for hydroxylation is 1. The van der Waals surface area contributed by atoms with E-state index in [-0.39, 0.29) is 23.4 Å². The van der Waals surface area contributed by atoms with Crippen molar-refractivity contribution in [3.63, 3.8) is 0 Å². The molecule has 0 bridgehead atoms. The standard InChI is InChI=1S/C36H45N3O3/c1-24(2)26-18-17-25-13-10-16-32(31(25)20-26)37-34(40)33-21-27-11-7-8-12-29(27)22-39(33)35(41)28-14-9-15-30(19-28)42-23-36(3,4)38(5)6/h7-9,11-12,14-15,17-20,24,32-33H,10,13,16,21-23H2,1-6H3,(H,37,40). The van der Waals surface area contributed by atoms with Crippen molar-refractivity contribution in [2.45, 2.75) is 83.5 Å². The largest absolute Gasteiger partial charge is 0.492 e. The van der Waals surface area contributed by atoms with E-state index in [4.69, 9.17) is 4.74 Å². The molecular formula is C36H45N3O3. The Hall–Kier alpha value is -3.64. The van der Waals surface area contributed by atoms with Gasteiger partial charge in [-0.3, -0.25) is 9.59 Å². The van der Waals surface area contributed by atoms with E-state index in [1.165, 1.54) is 16.7 Å². The van der Waals surface area contributed by atoms with Crippen molar-refractivity contribution in [1.82, 2.24) is 15.1 Å². The van der Waals surface area contributed by atoms with Crippen LogP contribution in [0.4, 0.5) is 0 Å². The van der Waals surface area contributed by atoms with Crippen LogP contribution in [0.2, 0.25) is 0 Å². The highest BCUT2D eigenvalue weighted by Crippen LogP contribution is 2.33. The van der Waals surface area contributed by atoms with Gasteiger partial charge in [-0.2, -0.15) is 0 Å². The molecule has 0 fully saturated rings. The Morgan fingerprint density at radius 1 is 1.00 bits per heavy atom. The molecule has 6 nitrogen and oxygen atoms in total. The molecule has 0 aromatic heterocycles. The number of fused-ring (bicyclic) bond motifs is 2. The lowest BCUT2D eigenvalue weighted by Crippen LogP contribution is -2.53. The highest BCUT2D eigenvalue weighted by Gasteiger charge is 2.36. The number of rotatable bonds is 8. The minimum Gasteiger partial charge on any atom is -0.492 e. The third-order valence-corrected chi connectivity index (χ3v) is 9.16. The average Bonchev–Trinajstić information content (AvgIpc) is 2.99. The molecule has 2 amide bonds. The van der Waals surface area contributed by atoms with E-state index in [2.05, 4.69) is 68.2 Å². The lowest BCUT2D eigenvalue weighted by atomic mass is 9.84. The summed E-state index contributed by atoms with van der Waals surface area (Å²) in [5.41, 5.74) is 6.39. The molecule has 3 aromatic carbocycles. The van der Waals surface area contributed by atoms with Crippen molar-refractivity contribution in [2.75, 3.05) is 20.7 Å². The molecule has 6 heteroatoms. The number of likely N-dealkylation sites (N-methyl/N-ethyl adjacent to an activating group) is 1. The topological polar surface area (TPSA) is 61.9 Å². The van der Waals surface area contributed by atoms with E-state index in [0.29, 0.717) is 36.8 Å². The van der Waals surface area contributed by atoms with Gasteiger partial charge in [-0.1, -0.05) is 62.4 Å². The van der Waals surface area contributed by atoms with Gasteiger partial charge in [-0.15, -0.1) is 0 Å². The molecule has 1 N–H and O–H groups in total. The molecule has 42 heavy (non-hydrogen) atoms. The molecule has 3 aromatic rings. The monoisotopic (exact) mass is 567 g/mol. The number of nitrogens with one attached hydrogen (secondary N) is 1. The molecule has 2 unspecified atom stereocenters. The Labute approximate surface area is 251 Å². The van der Waals surface area contributed by atoms with E-state index >= 15 is 0 Å². The molecule has 2 atom stereocenters.